The van der Waals surface area contributed by atoms with Gasteiger partial charge in [0.2, 0.25) is 0 Å². The third kappa shape index (κ3) is 3.97. The molecule has 1 amide bonds. The summed E-state index contributed by atoms with van der Waals surface area (Å²) in [5, 5.41) is 14.3. The number of amides is 1. The molecule has 4 rings (SSSR count). The van der Waals surface area contributed by atoms with Crippen LogP contribution in [0.2, 0.25) is 5.02 Å². The Hall–Kier alpha value is -3.84. The van der Waals surface area contributed by atoms with Gasteiger partial charge in [-0.1, -0.05) is 17.7 Å². The predicted molar refractivity (Wildman–Crippen MR) is 112 cm³/mol. The van der Waals surface area contributed by atoms with Crippen molar-refractivity contribution in [1.29, 1.82) is 0 Å². The minimum atomic E-state index is -1.01. The number of carboxylic acid groups (broad SMARTS) is 1. The van der Waals surface area contributed by atoms with E-state index in [2.05, 4.69) is 10.5 Å². The van der Waals surface area contributed by atoms with Gasteiger partial charge in [0, 0.05) is 16.0 Å². The standard InChI is InChI=1S/C22H15ClN2O5/c1-12-2-3-13(22(27)28)9-17(12)19-7-5-16(29-19)11-24-25-21(26)20-10-14-8-15(23)4-6-18(14)30-20/h2-11H,1H3,(H,25,26)(H,27,28)/b24-11+. The summed E-state index contributed by atoms with van der Waals surface area (Å²) >= 11 is 5.93. The number of fused-ring (bicyclic) bond motifs is 1. The number of benzene rings is 2. The van der Waals surface area contributed by atoms with Crippen LogP contribution in [0.4, 0.5) is 0 Å². The Morgan fingerprint density at radius 1 is 1.07 bits per heavy atom. The smallest absolute Gasteiger partial charge is 0.335 e. The predicted octanol–water partition coefficient (Wildman–Crippen LogP) is 5.12. The quantitative estimate of drug-likeness (QED) is 0.343. The lowest BCUT2D eigenvalue weighted by atomic mass is 10.0. The fourth-order valence-electron chi connectivity index (χ4n) is 2.92. The molecule has 2 heterocycles. The van der Waals surface area contributed by atoms with Crippen molar-refractivity contribution in [2.75, 3.05) is 0 Å². The summed E-state index contributed by atoms with van der Waals surface area (Å²) in [6.07, 6.45) is 1.34. The Bertz CT molecular complexity index is 1300. The first kappa shape index (κ1) is 19.5. The van der Waals surface area contributed by atoms with Gasteiger partial charge in [0.15, 0.2) is 5.76 Å². The summed E-state index contributed by atoms with van der Waals surface area (Å²) in [6.45, 7) is 1.86. The number of furan rings is 2. The fraction of sp³-hybridized carbons (Fsp3) is 0.0455. The average molecular weight is 423 g/mol. The van der Waals surface area contributed by atoms with Gasteiger partial charge in [0.1, 0.15) is 17.1 Å². The number of nitrogens with zero attached hydrogens (tertiary/aromatic N) is 1. The van der Waals surface area contributed by atoms with Crippen molar-refractivity contribution in [3.05, 3.63) is 82.3 Å². The Balaban J connectivity index is 1.47. The highest BCUT2D eigenvalue weighted by molar-refractivity contribution is 6.31. The van der Waals surface area contributed by atoms with Crippen LogP contribution in [0.3, 0.4) is 0 Å². The van der Waals surface area contributed by atoms with E-state index in [-0.39, 0.29) is 11.3 Å². The average Bonchev–Trinajstić information content (AvgIpc) is 3.34. The lowest BCUT2D eigenvalue weighted by molar-refractivity contribution is 0.0696. The summed E-state index contributed by atoms with van der Waals surface area (Å²) in [6, 6.07) is 14.8. The van der Waals surface area contributed by atoms with Crippen LogP contribution < -0.4 is 5.43 Å². The van der Waals surface area contributed by atoms with Crippen LogP contribution in [0.5, 0.6) is 0 Å². The molecule has 0 saturated heterocycles. The van der Waals surface area contributed by atoms with Gasteiger partial charge in [0.25, 0.3) is 0 Å². The second kappa shape index (κ2) is 7.88. The van der Waals surface area contributed by atoms with E-state index in [1.54, 1.807) is 48.5 Å². The van der Waals surface area contributed by atoms with E-state index < -0.39 is 11.9 Å². The molecule has 2 aromatic heterocycles. The minimum Gasteiger partial charge on any atom is -0.478 e. The topological polar surface area (TPSA) is 105 Å². The van der Waals surface area contributed by atoms with Crippen LogP contribution in [0.1, 0.15) is 32.2 Å². The summed E-state index contributed by atoms with van der Waals surface area (Å²) < 4.78 is 11.2. The van der Waals surface area contributed by atoms with Crippen LogP contribution in [-0.4, -0.2) is 23.2 Å². The normalized spacial score (nSPS) is 11.3. The number of rotatable bonds is 5. The van der Waals surface area contributed by atoms with Gasteiger partial charge >= 0.3 is 11.9 Å². The van der Waals surface area contributed by atoms with Crippen molar-refractivity contribution in [1.82, 2.24) is 5.43 Å². The zero-order chi connectivity index (χ0) is 21.3. The summed E-state index contributed by atoms with van der Waals surface area (Å²) in [5.41, 5.74) is 4.62. The van der Waals surface area contributed by atoms with E-state index in [0.29, 0.717) is 33.1 Å². The molecule has 0 saturated carbocycles. The van der Waals surface area contributed by atoms with Crippen molar-refractivity contribution in [2.24, 2.45) is 5.10 Å². The molecule has 150 valence electrons. The van der Waals surface area contributed by atoms with Crippen molar-refractivity contribution >= 4 is 40.7 Å². The van der Waals surface area contributed by atoms with E-state index in [1.165, 1.54) is 12.3 Å². The van der Waals surface area contributed by atoms with Gasteiger partial charge in [-0.2, -0.15) is 5.10 Å². The highest BCUT2D eigenvalue weighted by Gasteiger charge is 2.13. The molecule has 0 aliphatic carbocycles. The zero-order valence-corrected chi connectivity index (χ0v) is 16.4. The van der Waals surface area contributed by atoms with E-state index in [1.807, 2.05) is 6.92 Å². The van der Waals surface area contributed by atoms with Crippen LogP contribution >= 0.6 is 11.6 Å². The largest absolute Gasteiger partial charge is 0.478 e. The third-order valence-corrected chi connectivity index (χ3v) is 4.67. The number of halogens is 1. The number of hydrogen-bond donors (Lipinski definition) is 2. The number of hydrazone groups is 1. The Morgan fingerprint density at radius 2 is 1.90 bits per heavy atom. The molecule has 0 radical (unpaired) electrons. The number of carbonyl (C=O) groups is 2. The molecule has 30 heavy (non-hydrogen) atoms. The lowest BCUT2D eigenvalue weighted by Crippen LogP contribution is -2.16. The first-order valence-electron chi connectivity index (χ1n) is 8.87. The summed E-state index contributed by atoms with van der Waals surface area (Å²) in [5.74, 6) is -0.541. The third-order valence-electron chi connectivity index (χ3n) is 4.44. The van der Waals surface area contributed by atoms with Gasteiger partial charge in [-0.25, -0.2) is 10.2 Å². The van der Waals surface area contributed by atoms with Gasteiger partial charge in [0.05, 0.1) is 11.8 Å². The number of carbonyl (C=O) groups excluding carboxylic acids is 1. The molecule has 0 atom stereocenters. The van der Waals surface area contributed by atoms with E-state index in [9.17, 15) is 9.59 Å². The van der Waals surface area contributed by atoms with Gasteiger partial charge in [-0.05, 0) is 61.0 Å². The van der Waals surface area contributed by atoms with Crippen LogP contribution in [0, 0.1) is 6.92 Å². The molecular weight excluding hydrogens is 408 g/mol. The molecule has 2 aromatic carbocycles. The molecule has 0 aliphatic rings. The molecule has 0 spiro atoms. The minimum absolute atomic E-state index is 0.102. The second-order valence-corrected chi connectivity index (χ2v) is 6.97. The molecule has 0 fully saturated rings. The SMILES string of the molecule is Cc1ccc(C(=O)O)cc1-c1ccc(/C=N/NC(=O)c2cc3cc(Cl)ccc3o2)o1. The van der Waals surface area contributed by atoms with Crippen molar-refractivity contribution in [3.63, 3.8) is 0 Å². The molecule has 0 bridgehead atoms. The number of nitrogens with one attached hydrogen (secondary N) is 1. The van der Waals surface area contributed by atoms with Crippen molar-refractivity contribution in [3.8, 4) is 11.3 Å². The first-order valence-corrected chi connectivity index (χ1v) is 9.25. The van der Waals surface area contributed by atoms with Gasteiger partial charge < -0.3 is 13.9 Å². The van der Waals surface area contributed by atoms with Gasteiger partial charge in [-0.15, -0.1) is 0 Å². The highest BCUT2D eigenvalue weighted by Crippen LogP contribution is 2.26. The summed E-state index contributed by atoms with van der Waals surface area (Å²) in [4.78, 5) is 23.4. The fourth-order valence-corrected chi connectivity index (χ4v) is 3.10. The maximum absolute atomic E-state index is 12.2. The molecule has 4 aromatic rings. The molecule has 0 unspecified atom stereocenters. The number of carboxylic acids is 1. The van der Waals surface area contributed by atoms with Gasteiger partial charge in [-0.3, -0.25) is 4.79 Å². The Morgan fingerprint density at radius 3 is 2.70 bits per heavy atom. The molecule has 2 N–H and O–H groups in total. The zero-order valence-electron chi connectivity index (χ0n) is 15.7. The molecule has 8 heteroatoms. The van der Waals surface area contributed by atoms with Crippen LogP contribution in [0.15, 0.2) is 68.5 Å². The maximum Gasteiger partial charge on any atom is 0.335 e. The van der Waals surface area contributed by atoms with Crippen molar-refractivity contribution in [2.45, 2.75) is 6.92 Å². The Labute approximate surface area is 175 Å². The van der Waals surface area contributed by atoms with Crippen molar-refractivity contribution < 1.29 is 23.5 Å². The van der Waals surface area contributed by atoms with Crippen LogP contribution in [0.25, 0.3) is 22.3 Å². The lowest BCUT2D eigenvalue weighted by Gasteiger charge is -2.04. The molecule has 7 nitrogen and oxygen atoms in total. The van der Waals surface area contributed by atoms with Crippen LogP contribution in [-0.2, 0) is 0 Å². The van der Waals surface area contributed by atoms with E-state index in [4.69, 9.17) is 25.5 Å². The Kier molecular flexibility index (Phi) is 5.12. The first-order chi connectivity index (χ1) is 14.4. The summed E-state index contributed by atoms with van der Waals surface area (Å²) in [7, 11) is 0. The molecular formula is C22H15ClN2O5. The van der Waals surface area contributed by atoms with E-state index >= 15 is 0 Å². The molecule has 0 aliphatic heterocycles. The number of aryl methyl sites for hydroxylation is 1. The maximum atomic E-state index is 12.2. The monoisotopic (exact) mass is 422 g/mol. The second-order valence-electron chi connectivity index (χ2n) is 6.53. The highest BCUT2D eigenvalue weighted by atomic mass is 35.5. The number of hydrogen-bond acceptors (Lipinski definition) is 5. The van der Waals surface area contributed by atoms with E-state index in [0.717, 1.165) is 5.56 Å². The number of aromatic carboxylic acids is 1.